The van der Waals surface area contributed by atoms with Crippen molar-refractivity contribution in [2.75, 3.05) is 0 Å². The number of thiazole rings is 1. The third kappa shape index (κ3) is 2.66. The Kier molecular flexibility index (Phi) is 4.03. The predicted octanol–water partition coefficient (Wildman–Crippen LogP) is -2.43. The number of hydrogen-bond donors (Lipinski definition) is 0. The van der Waals surface area contributed by atoms with Gasteiger partial charge in [-0.3, -0.25) is 4.98 Å². The molecule has 0 aliphatic rings. The molecule has 2 aromatic heterocycles. The summed E-state index contributed by atoms with van der Waals surface area (Å²) >= 11 is 1.08. The molecule has 2 rings (SSSR count). The fourth-order valence-corrected chi connectivity index (χ4v) is 1.75. The number of carboxylic acids is 1. The molecule has 6 heteroatoms. The third-order valence-electron chi connectivity index (χ3n) is 1.63. The number of aromatic nitrogens is 2. The molecule has 0 aliphatic carbocycles. The molecule has 0 bridgehead atoms. The van der Waals surface area contributed by atoms with Gasteiger partial charge in [0.25, 0.3) is 0 Å². The van der Waals surface area contributed by atoms with Crippen LogP contribution in [0.3, 0.4) is 0 Å². The van der Waals surface area contributed by atoms with Crippen molar-refractivity contribution in [1.82, 2.24) is 9.97 Å². The first-order valence-corrected chi connectivity index (χ1v) is 4.66. The Hall–Kier alpha value is -1.15. The van der Waals surface area contributed by atoms with Crippen molar-refractivity contribution in [1.29, 1.82) is 0 Å². The van der Waals surface area contributed by atoms with E-state index in [-0.39, 0.29) is 23.9 Å². The molecule has 70 valence electrons. The van der Waals surface area contributed by atoms with Gasteiger partial charge in [0.15, 0.2) is 0 Å². The molecule has 2 heterocycles. The Morgan fingerprint density at radius 1 is 1.40 bits per heavy atom. The van der Waals surface area contributed by atoms with Crippen LogP contribution in [0.5, 0.6) is 0 Å². The second kappa shape index (κ2) is 5.08. The molecule has 4 nitrogen and oxygen atoms in total. The molecule has 0 amide bonds. The van der Waals surface area contributed by atoms with Crippen LogP contribution in [0.15, 0.2) is 30.7 Å². The molecule has 0 unspecified atom stereocenters. The molecular formula is C9H5LiN2O2S. The molecule has 0 saturated carbocycles. The number of carbonyl (C=O) groups excluding carboxylic acids is 1. The average molecular weight is 212 g/mol. The van der Waals surface area contributed by atoms with Crippen molar-refractivity contribution >= 4 is 17.3 Å². The molecule has 0 aromatic carbocycles. The first-order valence-electron chi connectivity index (χ1n) is 3.85. The molecule has 0 saturated heterocycles. The largest absolute Gasteiger partial charge is 1.00 e. The van der Waals surface area contributed by atoms with Gasteiger partial charge in [0.05, 0.1) is 4.88 Å². The average Bonchev–Trinajstić information content (AvgIpc) is 2.68. The van der Waals surface area contributed by atoms with Crippen molar-refractivity contribution in [2.24, 2.45) is 0 Å². The molecule has 0 aliphatic heterocycles. The SMILES string of the molecule is O=C([O-])c1ncc(-c2cccnc2)s1.[Li+]. The van der Waals surface area contributed by atoms with Crippen LogP contribution < -0.4 is 24.0 Å². The maximum absolute atomic E-state index is 10.5. The minimum Gasteiger partial charge on any atom is -0.542 e. The van der Waals surface area contributed by atoms with Crippen molar-refractivity contribution in [3.8, 4) is 10.4 Å². The molecule has 0 fully saturated rings. The summed E-state index contributed by atoms with van der Waals surface area (Å²) in [5, 5.41) is 10.5. The number of nitrogens with zero attached hydrogens (tertiary/aromatic N) is 2. The van der Waals surface area contributed by atoms with Gasteiger partial charge >= 0.3 is 18.9 Å². The standard InChI is InChI=1S/C9H6N2O2S.Li/c12-9(13)8-11-5-7(14-8)6-2-1-3-10-4-6;/h1-5H,(H,12,13);/q;+1/p-1. The zero-order chi connectivity index (χ0) is 9.97. The van der Waals surface area contributed by atoms with Crippen molar-refractivity contribution in [3.63, 3.8) is 0 Å². The minimum atomic E-state index is -1.25. The van der Waals surface area contributed by atoms with Crippen molar-refractivity contribution in [2.45, 2.75) is 0 Å². The van der Waals surface area contributed by atoms with Gasteiger partial charge in [0, 0.05) is 24.2 Å². The Morgan fingerprint density at radius 3 is 2.73 bits per heavy atom. The van der Waals surface area contributed by atoms with E-state index in [2.05, 4.69) is 9.97 Å². The molecule has 0 N–H and O–H groups in total. The number of rotatable bonds is 2. The van der Waals surface area contributed by atoms with Gasteiger partial charge in [-0.1, -0.05) is 6.07 Å². The Bertz CT molecular complexity index is 458. The normalized spacial score (nSPS) is 9.33. The van der Waals surface area contributed by atoms with Crippen LogP contribution in [0.4, 0.5) is 0 Å². The fraction of sp³-hybridized carbons (Fsp3) is 0. The summed E-state index contributed by atoms with van der Waals surface area (Å²) in [5.41, 5.74) is 0.859. The zero-order valence-electron chi connectivity index (χ0n) is 8.01. The van der Waals surface area contributed by atoms with E-state index in [1.807, 2.05) is 6.07 Å². The number of pyridine rings is 1. The Labute approximate surface area is 102 Å². The monoisotopic (exact) mass is 212 g/mol. The minimum absolute atomic E-state index is 0. The summed E-state index contributed by atoms with van der Waals surface area (Å²) in [6.45, 7) is 0. The van der Waals surface area contributed by atoms with Crippen molar-refractivity contribution < 1.29 is 28.8 Å². The fourth-order valence-electron chi connectivity index (χ4n) is 1.01. The van der Waals surface area contributed by atoms with Gasteiger partial charge < -0.3 is 9.90 Å². The molecular weight excluding hydrogens is 207 g/mol. The van der Waals surface area contributed by atoms with E-state index in [4.69, 9.17) is 0 Å². The van der Waals surface area contributed by atoms with E-state index >= 15 is 0 Å². The first kappa shape index (κ1) is 11.9. The van der Waals surface area contributed by atoms with E-state index in [0.29, 0.717) is 0 Å². The number of carbonyl (C=O) groups is 1. The third-order valence-corrected chi connectivity index (χ3v) is 2.65. The van der Waals surface area contributed by atoms with Crippen LogP contribution in [0, 0.1) is 0 Å². The van der Waals surface area contributed by atoms with E-state index < -0.39 is 5.97 Å². The Morgan fingerprint density at radius 2 is 2.20 bits per heavy atom. The summed E-state index contributed by atoms with van der Waals surface area (Å²) < 4.78 is 0. The molecule has 0 atom stereocenters. The predicted molar refractivity (Wildman–Crippen MR) is 49.7 cm³/mol. The smallest absolute Gasteiger partial charge is 0.542 e. The van der Waals surface area contributed by atoms with Gasteiger partial charge in [0.1, 0.15) is 11.0 Å². The summed E-state index contributed by atoms with van der Waals surface area (Å²) in [5.74, 6) is -1.25. The van der Waals surface area contributed by atoms with Gasteiger partial charge in [-0.05, 0) is 6.07 Å². The van der Waals surface area contributed by atoms with E-state index in [9.17, 15) is 9.90 Å². The number of hydrogen-bond acceptors (Lipinski definition) is 5. The molecule has 15 heavy (non-hydrogen) atoms. The molecule has 2 aromatic rings. The summed E-state index contributed by atoms with van der Waals surface area (Å²) in [4.78, 5) is 18.9. The van der Waals surface area contributed by atoms with Crippen LogP contribution in [0.1, 0.15) is 9.80 Å². The maximum Gasteiger partial charge on any atom is 1.00 e. The van der Waals surface area contributed by atoms with Gasteiger partial charge in [-0.2, -0.15) is 0 Å². The van der Waals surface area contributed by atoms with Crippen LogP contribution in [0.25, 0.3) is 10.4 Å². The zero-order valence-corrected chi connectivity index (χ0v) is 8.82. The maximum atomic E-state index is 10.5. The van der Waals surface area contributed by atoms with E-state index in [0.717, 1.165) is 21.8 Å². The van der Waals surface area contributed by atoms with Gasteiger partial charge in [0.2, 0.25) is 0 Å². The topological polar surface area (TPSA) is 65.9 Å². The van der Waals surface area contributed by atoms with Crippen LogP contribution in [-0.4, -0.2) is 15.9 Å². The number of carboxylic acid groups (broad SMARTS) is 1. The summed E-state index contributed by atoms with van der Waals surface area (Å²) in [7, 11) is 0. The van der Waals surface area contributed by atoms with Crippen LogP contribution in [0.2, 0.25) is 0 Å². The molecule has 0 spiro atoms. The second-order valence-electron chi connectivity index (χ2n) is 2.56. The second-order valence-corrected chi connectivity index (χ2v) is 3.59. The molecule has 0 radical (unpaired) electrons. The van der Waals surface area contributed by atoms with E-state index in [1.54, 1.807) is 18.5 Å². The summed E-state index contributed by atoms with van der Waals surface area (Å²) in [6.07, 6.45) is 4.82. The van der Waals surface area contributed by atoms with Gasteiger partial charge in [-0.15, -0.1) is 11.3 Å². The van der Waals surface area contributed by atoms with Crippen molar-refractivity contribution in [3.05, 3.63) is 35.7 Å². The van der Waals surface area contributed by atoms with Crippen LogP contribution in [-0.2, 0) is 0 Å². The van der Waals surface area contributed by atoms with Gasteiger partial charge in [-0.25, -0.2) is 4.98 Å². The number of aromatic carboxylic acids is 1. The van der Waals surface area contributed by atoms with E-state index in [1.165, 1.54) is 6.20 Å². The summed E-state index contributed by atoms with van der Waals surface area (Å²) in [6, 6.07) is 3.63. The Balaban J connectivity index is 0.00000112. The first-order chi connectivity index (χ1) is 6.77. The quantitative estimate of drug-likeness (QED) is 0.519. The van der Waals surface area contributed by atoms with Crippen LogP contribution >= 0.6 is 11.3 Å².